The van der Waals surface area contributed by atoms with Gasteiger partial charge in [-0.2, -0.15) is 13.2 Å². The Labute approximate surface area is 99.0 Å². The largest absolute Gasteiger partial charge is 0.401 e. The molecule has 6 heteroatoms. The molecule has 1 aromatic rings. The smallest absolute Gasteiger partial charge is 0.302 e. The van der Waals surface area contributed by atoms with Crippen LogP contribution in [0.2, 0.25) is 0 Å². The van der Waals surface area contributed by atoms with Gasteiger partial charge >= 0.3 is 6.18 Å². The molecule has 0 aliphatic carbocycles. The lowest BCUT2D eigenvalue weighted by molar-refractivity contribution is -0.126. The quantitative estimate of drug-likeness (QED) is 0.837. The summed E-state index contributed by atoms with van der Waals surface area (Å²) in [6, 6.07) is 3.39. The molecule has 0 aromatic heterocycles. The third-order valence-corrected chi connectivity index (χ3v) is 2.72. The monoisotopic (exact) mass is 299 g/mol. The summed E-state index contributed by atoms with van der Waals surface area (Å²) >= 11 is 3.11. The Morgan fingerprint density at radius 1 is 1.38 bits per heavy atom. The van der Waals surface area contributed by atoms with Crippen LogP contribution < -0.4 is 5.32 Å². The van der Waals surface area contributed by atoms with E-state index in [1.807, 2.05) is 0 Å². The van der Waals surface area contributed by atoms with Gasteiger partial charge in [0.1, 0.15) is 5.82 Å². The van der Waals surface area contributed by atoms with E-state index < -0.39 is 24.6 Å². The van der Waals surface area contributed by atoms with Gasteiger partial charge in [0.2, 0.25) is 0 Å². The van der Waals surface area contributed by atoms with E-state index in [9.17, 15) is 17.6 Å². The maximum Gasteiger partial charge on any atom is 0.401 e. The standard InChI is InChI=1S/C10H10BrF4N/c1-6(16-5-10(13,14)15)8-3-2-7(12)4-9(8)11/h2-4,6,16H,5H2,1H3. The Balaban J connectivity index is 2.70. The van der Waals surface area contributed by atoms with Crippen molar-refractivity contribution in [2.24, 2.45) is 0 Å². The highest BCUT2D eigenvalue weighted by molar-refractivity contribution is 9.10. The van der Waals surface area contributed by atoms with Crippen molar-refractivity contribution in [2.75, 3.05) is 6.54 Å². The minimum Gasteiger partial charge on any atom is -0.302 e. The zero-order valence-electron chi connectivity index (χ0n) is 8.41. The van der Waals surface area contributed by atoms with Gasteiger partial charge < -0.3 is 5.32 Å². The molecule has 0 saturated carbocycles. The molecule has 0 fully saturated rings. The molecule has 0 radical (unpaired) electrons. The molecule has 16 heavy (non-hydrogen) atoms. The molecule has 0 amide bonds. The second-order valence-corrected chi connectivity index (χ2v) is 4.24. The summed E-state index contributed by atoms with van der Waals surface area (Å²) in [5, 5.41) is 2.32. The lowest BCUT2D eigenvalue weighted by atomic mass is 10.1. The summed E-state index contributed by atoms with van der Waals surface area (Å²) in [4.78, 5) is 0. The molecule has 0 spiro atoms. The number of nitrogens with one attached hydrogen (secondary N) is 1. The number of alkyl halides is 3. The normalized spacial score (nSPS) is 13.9. The third kappa shape index (κ3) is 4.09. The number of halogens is 5. The Morgan fingerprint density at radius 2 is 2.00 bits per heavy atom. The fourth-order valence-corrected chi connectivity index (χ4v) is 1.93. The molecule has 1 rings (SSSR count). The first-order valence-electron chi connectivity index (χ1n) is 4.54. The highest BCUT2D eigenvalue weighted by Gasteiger charge is 2.27. The van der Waals surface area contributed by atoms with Crippen molar-refractivity contribution in [3.8, 4) is 0 Å². The van der Waals surface area contributed by atoms with Crippen molar-refractivity contribution >= 4 is 15.9 Å². The van der Waals surface area contributed by atoms with Crippen molar-refractivity contribution in [1.82, 2.24) is 5.32 Å². The van der Waals surface area contributed by atoms with Crippen LogP contribution in [0, 0.1) is 5.82 Å². The summed E-state index contributed by atoms with van der Waals surface area (Å²) in [5.74, 6) is -0.432. The number of hydrogen-bond donors (Lipinski definition) is 1. The summed E-state index contributed by atoms with van der Waals surface area (Å²) < 4.78 is 49.1. The first kappa shape index (κ1) is 13.4. The van der Waals surface area contributed by atoms with Gasteiger partial charge in [0.25, 0.3) is 0 Å². The Hall–Kier alpha value is -0.620. The van der Waals surface area contributed by atoms with E-state index in [4.69, 9.17) is 0 Å². The van der Waals surface area contributed by atoms with Crippen molar-refractivity contribution in [1.29, 1.82) is 0 Å². The van der Waals surface area contributed by atoms with Gasteiger partial charge in [-0.3, -0.25) is 0 Å². The van der Waals surface area contributed by atoms with Crippen molar-refractivity contribution < 1.29 is 17.6 Å². The van der Waals surface area contributed by atoms with Crippen LogP contribution in [0.1, 0.15) is 18.5 Å². The molecular formula is C10H10BrF4N. The number of hydrogen-bond acceptors (Lipinski definition) is 1. The van der Waals surface area contributed by atoms with Gasteiger partial charge in [0, 0.05) is 10.5 Å². The van der Waals surface area contributed by atoms with Crippen LogP contribution in [-0.4, -0.2) is 12.7 Å². The molecule has 0 saturated heterocycles. The van der Waals surface area contributed by atoms with Crippen LogP contribution in [0.3, 0.4) is 0 Å². The molecule has 1 unspecified atom stereocenters. The van der Waals surface area contributed by atoms with Gasteiger partial charge in [0.15, 0.2) is 0 Å². The molecule has 1 atom stereocenters. The zero-order chi connectivity index (χ0) is 12.3. The second kappa shape index (κ2) is 5.14. The fraction of sp³-hybridized carbons (Fsp3) is 0.400. The molecule has 0 aliphatic heterocycles. The SMILES string of the molecule is CC(NCC(F)(F)F)c1ccc(F)cc1Br. The molecule has 0 aliphatic rings. The lowest BCUT2D eigenvalue weighted by Crippen LogP contribution is -2.31. The predicted octanol–water partition coefficient (Wildman–Crippen LogP) is 3.80. The van der Waals surface area contributed by atoms with Crippen molar-refractivity contribution in [3.63, 3.8) is 0 Å². The first-order valence-corrected chi connectivity index (χ1v) is 5.34. The summed E-state index contributed by atoms with van der Waals surface area (Å²) in [6.45, 7) is 0.516. The van der Waals surface area contributed by atoms with Gasteiger partial charge in [-0.15, -0.1) is 0 Å². The predicted molar refractivity (Wildman–Crippen MR) is 56.6 cm³/mol. The molecule has 90 valence electrons. The highest BCUT2D eigenvalue weighted by atomic mass is 79.9. The highest BCUT2D eigenvalue weighted by Crippen LogP contribution is 2.25. The van der Waals surface area contributed by atoms with E-state index in [0.717, 1.165) is 0 Å². The topological polar surface area (TPSA) is 12.0 Å². The molecule has 1 aromatic carbocycles. The van der Waals surface area contributed by atoms with E-state index in [0.29, 0.717) is 10.0 Å². The molecule has 1 N–H and O–H groups in total. The van der Waals surface area contributed by atoms with E-state index in [1.165, 1.54) is 18.2 Å². The van der Waals surface area contributed by atoms with E-state index in [2.05, 4.69) is 21.2 Å². The molecule has 0 bridgehead atoms. The lowest BCUT2D eigenvalue weighted by Gasteiger charge is -2.17. The van der Waals surface area contributed by atoms with Gasteiger partial charge in [-0.1, -0.05) is 22.0 Å². The minimum absolute atomic E-state index is 0.432. The zero-order valence-corrected chi connectivity index (χ0v) is 9.99. The molecule has 0 heterocycles. The first-order chi connectivity index (χ1) is 7.29. The van der Waals surface area contributed by atoms with Crippen molar-refractivity contribution in [2.45, 2.75) is 19.1 Å². The number of benzene rings is 1. The average molecular weight is 300 g/mol. The Kier molecular flexibility index (Phi) is 4.32. The van der Waals surface area contributed by atoms with Crippen molar-refractivity contribution in [3.05, 3.63) is 34.1 Å². The molecular weight excluding hydrogens is 290 g/mol. The fourth-order valence-electron chi connectivity index (χ4n) is 1.23. The Morgan fingerprint density at radius 3 is 2.50 bits per heavy atom. The minimum atomic E-state index is -4.25. The van der Waals surface area contributed by atoms with Gasteiger partial charge in [0.05, 0.1) is 6.54 Å². The van der Waals surface area contributed by atoms with Crippen LogP contribution in [0.4, 0.5) is 17.6 Å². The summed E-state index contributed by atoms with van der Waals surface area (Å²) in [5.41, 5.74) is 0.589. The maximum absolute atomic E-state index is 12.8. The average Bonchev–Trinajstić information content (AvgIpc) is 2.13. The van der Waals surface area contributed by atoms with E-state index in [-0.39, 0.29) is 0 Å². The summed E-state index contributed by atoms with van der Waals surface area (Å²) in [6.07, 6.45) is -4.25. The van der Waals surface area contributed by atoms with Crippen LogP contribution in [-0.2, 0) is 0 Å². The van der Waals surface area contributed by atoms with Crippen LogP contribution >= 0.6 is 15.9 Å². The van der Waals surface area contributed by atoms with E-state index in [1.54, 1.807) is 6.92 Å². The van der Waals surface area contributed by atoms with E-state index >= 15 is 0 Å². The maximum atomic E-state index is 12.8. The Bertz CT molecular complexity index is 364. The third-order valence-electron chi connectivity index (χ3n) is 2.04. The van der Waals surface area contributed by atoms with Crippen LogP contribution in [0.15, 0.2) is 22.7 Å². The summed E-state index contributed by atoms with van der Waals surface area (Å²) in [7, 11) is 0. The second-order valence-electron chi connectivity index (χ2n) is 3.38. The van der Waals surface area contributed by atoms with Crippen LogP contribution in [0.5, 0.6) is 0 Å². The number of rotatable bonds is 3. The molecule has 1 nitrogen and oxygen atoms in total. The van der Waals surface area contributed by atoms with Gasteiger partial charge in [-0.25, -0.2) is 4.39 Å². The van der Waals surface area contributed by atoms with Gasteiger partial charge in [-0.05, 0) is 24.6 Å². The van der Waals surface area contributed by atoms with Crippen LogP contribution in [0.25, 0.3) is 0 Å².